The van der Waals surface area contributed by atoms with Crippen molar-refractivity contribution in [2.75, 3.05) is 19.3 Å². The summed E-state index contributed by atoms with van der Waals surface area (Å²) in [7, 11) is 1.68. The van der Waals surface area contributed by atoms with E-state index in [1.165, 1.54) is 16.7 Å². The first-order chi connectivity index (χ1) is 7.19. The molecule has 1 fully saturated rings. The van der Waals surface area contributed by atoms with Gasteiger partial charge in [-0.05, 0) is 12.2 Å². The molecule has 0 saturated carbocycles. The van der Waals surface area contributed by atoms with Crippen LogP contribution in [0, 0.1) is 12.3 Å². The monoisotopic (exact) mass is 242 g/mol. The van der Waals surface area contributed by atoms with Gasteiger partial charge < -0.3 is 5.32 Å². The molecule has 5 nitrogen and oxygen atoms in total. The minimum absolute atomic E-state index is 0.0334. The molecule has 1 rings (SSSR count). The van der Waals surface area contributed by atoms with E-state index in [2.05, 4.69) is 21.8 Å². The Bertz CT molecular complexity index is 347. The van der Waals surface area contributed by atoms with E-state index in [1.807, 2.05) is 0 Å². The maximum absolute atomic E-state index is 11.3. The molecule has 0 bridgehead atoms. The highest BCUT2D eigenvalue weighted by Gasteiger charge is 2.27. The number of thiocarbonyl (C=S) groups is 1. The van der Waals surface area contributed by atoms with Gasteiger partial charge in [0.1, 0.15) is 0 Å². The van der Waals surface area contributed by atoms with E-state index in [1.54, 1.807) is 7.05 Å². The Hall–Kier alpha value is -1.26. The van der Waals surface area contributed by atoms with Crippen molar-refractivity contribution < 1.29 is 4.79 Å². The third-order valence-corrected chi connectivity index (χ3v) is 2.84. The van der Waals surface area contributed by atoms with E-state index in [-0.39, 0.29) is 12.5 Å². The Morgan fingerprint density at radius 3 is 3.20 bits per heavy atom. The summed E-state index contributed by atoms with van der Waals surface area (Å²) < 4.78 is 0. The standard InChI is InChI=1S/C8H10N4OS2/c1-3-4-12-6(13)5-15-8(12)11-10-7(14)9-2/h1H,4-5H2,2H3,(H2,9,10,14). The topological polar surface area (TPSA) is 56.7 Å². The van der Waals surface area contributed by atoms with Crippen LogP contribution in [0.15, 0.2) is 5.10 Å². The molecule has 0 atom stereocenters. The smallest absolute Gasteiger partial charge is 0.239 e. The second kappa shape index (κ2) is 5.58. The van der Waals surface area contributed by atoms with Gasteiger partial charge in [-0.1, -0.05) is 17.7 Å². The zero-order valence-corrected chi connectivity index (χ0v) is 9.74. The number of nitrogens with one attached hydrogen (secondary N) is 2. The molecule has 0 aromatic rings. The molecule has 1 saturated heterocycles. The molecule has 80 valence electrons. The third-order valence-electron chi connectivity index (χ3n) is 1.59. The molecule has 0 unspecified atom stereocenters. The summed E-state index contributed by atoms with van der Waals surface area (Å²) in [6.45, 7) is 0.235. The highest BCUT2D eigenvalue weighted by atomic mass is 32.2. The van der Waals surface area contributed by atoms with Gasteiger partial charge in [0.15, 0.2) is 10.3 Å². The Kier molecular flexibility index (Phi) is 4.39. The van der Waals surface area contributed by atoms with E-state index in [9.17, 15) is 4.79 Å². The van der Waals surface area contributed by atoms with Crippen LogP contribution in [0.25, 0.3) is 0 Å². The lowest BCUT2D eigenvalue weighted by Crippen LogP contribution is -2.34. The summed E-state index contributed by atoms with van der Waals surface area (Å²) in [6.07, 6.45) is 5.15. The Balaban J connectivity index is 2.65. The Labute approximate surface area is 97.7 Å². The zero-order valence-electron chi connectivity index (χ0n) is 8.11. The number of terminal acetylenes is 1. The normalized spacial score (nSPS) is 17.7. The van der Waals surface area contributed by atoms with Gasteiger partial charge in [-0.15, -0.1) is 11.5 Å². The minimum atomic E-state index is -0.0334. The predicted octanol–water partition coefficient (Wildman–Crippen LogP) is -0.440. The molecule has 0 spiro atoms. The van der Waals surface area contributed by atoms with Gasteiger partial charge in [-0.3, -0.25) is 15.1 Å². The molecule has 1 aliphatic rings. The van der Waals surface area contributed by atoms with Crippen LogP contribution < -0.4 is 10.7 Å². The first-order valence-electron chi connectivity index (χ1n) is 4.11. The van der Waals surface area contributed by atoms with Gasteiger partial charge in [0, 0.05) is 7.05 Å². The molecule has 1 amide bonds. The fourth-order valence-corrected chi connectivity index (χ4v) is 1.77. The number of nitrogens with zero attached hydrogens (tertiary/aromatic N) is 2. The molecule has 15 heavy (non-hydrogen) atoms. The number of rotatable bonds is 2. The summed E-state index contributed by atoms with van der Waals surface area (Å²) in [4.78, 5) is 12.8. The molecule has 0 aromatic heterocycles. The van der Waals surface area contributed by atoms with Crippen LogP contribution in [0.3, 0.4) is 0 Å². The number of carbonyl (C=O) groups excluding carboxylic acids is 1. The molecule has 7 heteroatoms. The molecule has 1 aliphatic heterocycles. The number of thioether (sulfide) groups is 1. The summed E-state index contributed by atoms with van der Waals surface area (Å²) >= 11 is 6.17. The van der Waals surface area contributed by atoms with Crippen molar-refractivity contribution in [1.29, 1.82) is 0 Å². The highest BCUT2D eigenvalue weighted by Crippen LogP contribution is 2.17. The number of hydrogen-bond acceptors (Lipinski definition) is 4. The van der Waals surface area contributed by atoms with E-state index < -0.39 is 0 Å². The van der Waals surface area contributed by atoms with E-state index >= 15 is 0 Å². The molecular formula is C8H10N4OS2. The van der Waals surface area contributed by atoms with Gasteiger partial charge in [0.25, 0.3) is 0 Å². The lowest BCUT2D eigenvalue weighted by atomic mass is 10.5. The summed E-state index contributed by atoms with van der Waals surface area (Å²) in [5.41, 5.74) is 2.61. The molecule has 2 N–H and O–H groups in total. The van der Waals surface area contributed by atoms with Crippen LogP contribution in [0.5, 0.6) is 0 Å². The van der Waals surface area contributed by atoms with E-state index in [0.717, 1.165) is 0 Å². The van der Waals surface area contributed by atoms with Crippen LogP contribution in [-0.2, 0) is 4.79 Å². The highest BCUT2D eigenvalue weighted by molar-refractivity contribution is 8.15. The molecule has 0 aromatic carbocycles. The van der Waals surface area contributed by atoms with Crippen molar-refractivity contribution in [3.63, 3.8) is 0 Å². The van der Waals surface area contributed by atoms with Gasteiger partial charge in [0.05, 0.1) is 12.3 Å². The largest absolute Gasteiger partial charge is 0.364 e. The quantitative estimate of drug-likeness (QED) is 0.390. The van der Waals surface area contributed by atoms with E-state index in [4.69, 9.17) is 18.6 Å². The maximum atomic E-state index is 11.3. The van der Waals surface area contributed by atoms with Gasteiger partial charge in [0.2, 0.25) is 5.91 Å². The molecule has 1 heterocycles. The SMILES string of the molecule is C#CCN1C(=O)CSC1=NNC(=S)NC. The van der Waals surface area contributed by atoms with Crippen LogP contribution in [0.1, 0.15) is 0 Å². The van der Waals surface area contributed by atoms with E-state index in [0.29, 0.717) is 16.0 Å². The van der Waals surface area contributed by atoms with Crippen molar-refractivity contribution in [2.45, 2.75) is 0 Å². The summed E-state index contributed by atoms with van der Waals surface area (Å²) in [5.74, 6) is 2.74. The third kappa shape index (κ3) is 3.11. The Morgan fingerprint density at radius 1 is 1.87 bits per heavy atom. The Morgan fingerprint density at radius 2 is 2.60 bits per heavy atom. The van der Waals surface area contributed by atoms with Gasteiger partial charge in [-0.2, -0.15) is 0 Å². The first-order valence-corrected chi connectivity index (χ1v) is 5.50. The van der Waals surface area contributed by atoms with Crippen LogP contribution in [0.4, 0.5) is 0 Å². The average Bonchev–Trinajstić information content (AvgIpc) is 2.58. The number of hydrazone groups is 1. The molecule has 0 aliphatic carbocycles. The minimum Gasteiger partial charge on any atom is -0.364 e. The van der Waals surface area contributed by atoms with Crippen LogP contribution >= 0.6 is 24.0 Å². The van der Waals surface area contributed by atoms with Crippen molar-refractivity contribution >= 4 is 40.2 Å². The summed E-state index contributed by atoms with van der Waals surface area (Å²) in [6, 6.07) is 0. The summed E-state index contributed by atoms with van der Waals surface area (Å²) in [5, 5.41) is 7.63. The lowest BCUT2D eigenvalue weighted by molar-refractivity contribution is -0.123. The molecule has 0 radical (unpaired) electrons. The lowest BCUT2D eigenvalue weighted by Gasteiger charge is -2.11. The second-order valence-electron chi connectivity index (χ2n) is 2.56. The number of carbonyl (C=O) groups is 1. The predicted molar refractivity (Wildman–Crippen MR) is 65.2 cm³/mol. The fraction of sp³-hybridized carbons (Fsp3) is 0.375. The first kappa shape index (κ1) is 11.8. The maximum Gasteiger partial charge on any atom is 0.239 e. The van der Waals surface area contributed by atoms with Crippen molar-refractivity contribution in [3.05, 3.63) is 0 Å². The van der Waals surface area contributed by atoms with Crippen LogP contribution in [-0.4, -0.2) is 40.4 Å². The van der Waals surface area contributed by atoms with Crippen molar-refractivity contribution in [2.24, 2.45) is 5.10 Å². The van der Waals surface area contributed by atoms with Crippen LogP contribution in [0.2, 0.25) is 0 Å². The number of amides is 1. The molecular weight excluding hydrogens is 232 g/mol. The second-order valence-corrected chi connectivity index (χ2v) is 3.91. The fourth-order valence-electron chi connectivity index (χ4n) is 0.883. The number of amidine groups is 1. The van der Waals surface area contributed by atoms with Crippen molar-refractivity contribution in [1.82, 2.24) is 15.6 Å². The number of hydrogen-bond donors (Lipinski definition) is 2. The zero-order chi connectivity index (χ0) is 11.3. The van der Waals surface area contributed by atoms with Crippen molar-refractivity contribution in [3.8, 4) is 12.3 Å². The average molecular weight is 242 g/mol. The van der Waals surface area contributed by atoms with Gasteiger partial charge in [-0.25, -0.2) is 0 Å². The van der Waals surface area contributed by atoms with Gasteiger partial charge >= 0.3 is 0 Å².